The summed E-state index contributed by atoms with van der Waals surface area (Å²) in [6.07, 6.45) is 3.87. The second-order valence-electron chi connectivity index (χ2n) is 8.38. The maximum Gasteiger partial charge on any atom is 0.272 e. The number of rotatable bonds is 3. The smallest absolute Gasteiger partial charge is 0.272 e. The van der Waals surface area contributed by atoms with Crippen molar-refractivity contribution in [3.63, 3.8) is 0 Å². The number of hydrogen-bond acceptors (Lipinski definition) is 4. The first-order valence-electron chi connectivity index (χ1n) is 10.8. The standard InChI is InChI=1S/C24H30ClN3O3/c1-17(2)14-19-16-31-22-9-5-4-8-20(22)23(29)27(3)12-6-7-13-28(19)24(30)21-11-10-18(25)15-26-21/h4-5,8-11,15,17,19H,6-7,12-14,16H2,1-3H3/t19-/m0/s1. The van der Waals surface area contributed by atoms with Crippen LogP contribution in [0.3, 0.4) is 0 Å². The third kappa shape index (κ3) is 5.97. The molecule has 1 aliphatic rings. The molecule has 0 radical (unpaired) electrons. The summed E-state index contributed by atoms with van der Waals surface area (Å²) in [5.74, 6) is 0.749. The van der Waals surface area contributed by atoms with Crippen molar-refractivity contribution in [2.24, 2.45) is 5.92 Å². The lowest BCUT2D eigenvalue weighted by Gasteiger charge is -2.34. The monoisotopic (exact) mass is 443 g/mol. The molecule has 1 aromatic carbocycles. The molecule has 0 fully saturated rings. The molecule has 31 heavy (non-hydrogen) atoms. The fourth-order valence-corrected chi connectivity index (χ4v) is 3.93. The summed E-state index contributed by atoms with van der Waals surface area (Å²) in [4.78, 5) is 34.1. The molecule has 2 amide bonds. The Morgan fingerprint density at radius 3 is 2.65 bits per heavy atom. The van der Waals surface area contributed by atoms with Crippen molar-refractivity contribution in [3.05, 3.63) is 58.9 Å². The van der Waals surface area contributed by atoms with E-state index in [1.165, 1.54) is 6.20 Å². The van der Waals surface area contributed by atoms with E-state index in [-0.39, 0.29) is 17.9 Å². The number of halogens is 1. The molecule has 6 nitrogen and oxygen atoms in total. The summed E-state index contributed by atoms with van der Waals surface area (Å²) in [5.41, 5.74) is 0.920. The van der Waals surface area contributed by atoms with Crippen molar-refractivity contribution in [3.8, 4) is 5.75 Å². The number of para-hydroxylation sites is 1. The zero-order valence-corrected chi connectivity index (χ0v) is 19.1. The average molecular weight is 444 g/mol. The lowest BCUT2D eigenvalue weighted by atomic mass is 10.0. The third-order valence-electron chi connectivity index (χ3n) is 5.43. The highest BCUT2D eigenvalue weighted by Crippen LogP contribution is 2.23. The lowest BCUT2D eigenvalue weighted by molar-refractivity contribution is 0.0553. The SMILES string of the molecule is CC(C)C[C@H]1COc2ccccc2C(=O)N(C)CCCCN1C(=O)c1ccc(Cl)cn1. The van der Waals surface area contributed by atoms with Gasteiger partial charge in [-0.15, -0.1) is 0 Å². The second kappa shape index (κ2) is 10.6. The van der Waals surface area contributed by atoms with Gasteiger partial charge in [-0.3, -0.25) is 9.59 Å². The molecule has 3 rings (SSSR count). The van der Waals surface area contributed by atoms with Gasteiger partial charge in [0, 0.05) is 26.3 Å². The predicted octanol–water partition coefficient (Wildman–Crippen LogP) is 4.54. The van der Waals surface area contributed by atoms with Crippen molar-refractivity contribution in [2.75, 3.05) is 26.7 Å². The van der Waals surface area contributed by atoms with Gasteiger partial charge >= 0.3 is 0 Å². The predicted molar refractivity (Wildman–Crippen MR) is 122 cm³/mol. The van der Waals surface area contributed by atoms with Gasteiger partial charge in [-0.1, -0.05) is 37.6 Å². The highest BCUT2D eigenvalue weighted by molar-refractivity contribution is 6.30. The molecule has 166 valence electrons. The summed E-state index contributed by atoms with van der Waals surface area (Å²) >= 11 is 5.95. The Kier molecular flexibility index (Phi) is 7.91. The second-order valence-corrected chi connectivity index (χ2v) is 8.82. The Morgan fingerprint density at radius 1 is 1.19 bits per heavy atom. The van der Waals surface area contributed by atoms with Crippen LogP contribution in [0.5, 0.6) is 5.75 Å². The normalized spacial score (nSPS) is 18.1. The van der Waals surface area contributed by atoms with Crippen LogP contribution in [0, 0.1) is 5.92 Å². The number of nitrogens with zero attached hydrogens (tertiary/aromatic N) is 3. The van der Waals surface area contributed by atoms with Crippen LogP contribution >= 0.6 is 11.6 Å². The number of fused-ring (bicyclic) bond motifs is 1. The number of ether oxygens (including phenoxy) is 1. The van der Waals surface area contributed by atoms with E-state index in [1.54, 1.807) is 30.1 Å². The molecule has 0 saturated carbocycles. The quantitative estimate of drug-likeness (QED) is 0.698. The van der Waals surface area contributed by atoms with Gasteiger partial charge in [-0.2, -0.15) is 0 Å². The van der Waals surface area contributed by atoms with Gasteiger partial charge in [0.05, 0.1) is 16.6 Å². The fourth-order valence-electron chi connectivity index (χ4n) is 3.82. The number of carbonyl (C=O) groups is 2. The van der Waals surface area contributed by atoms with Gasteiger partial charge in [-0.05, 0) is 49.4 Å². The van der Waals surface area contributed by atoms with E-state index in [1.807, 2.05) is 23.1 Å². The van der Waals surface area contributed by atoms with E-state index in [9.17, 15) is 9.59 Å². The molecular weight excluding hydrogens is 414 g/mol. The zero-order chi connectivity index (χ0) is 22.4. The average Bonchev–Trinajstić information content (AvgIpc) is 2.75. The Labute approximate surface area is 189 Å². The molecule has 0 N–H and O–H groups in total. The summed E-state index contributed by atoms with van der Waals surface area (Å²) in [6.45, 7) is 5.76. The minimum absolute atomic E-state index is 0.0464. The molecule has 0 unspecified atom stereocenters. The molecule has 0 aliphatic carbocycles. The van der Waals surface area contributed by atoms with Crippen molar-refractivity contribution in [2.45, 2.75) is 39.2 Å². The van der Waals surface area contributed by atoms with Crippen LogP contribution in [0.15, 0.2) is 42.6 Å². The molecule has 7 heteroatoms. The van der Waals surface area contributed by atoms with Crippen molar-refractivity contribution in [1.82, 2.24) is 14.8 Å². The number of hydrogen-bond donors (Lipinski definition) is 0. The lowest BCUT2D eigenvalue weighted by Crippen LogP contribution is -2.45. The first-order valence-corrected chi connectivity index (χ1v) is 11.1. The largest absolute Gasteiger partial charge is 0.491 e. The van der Waals surface area contributed by atoms with Crippen LogP contribution in [0.1, 0.15) is 54.0 Å². The number of carbonyl (C=O) groups excluding carboxylic acids is 2. The van der Waals surface area contributed by atoms with Crippen LogP contribution in [0.25, 0.3) is 0 Å². The zero-order valence-electron chi connectivity index (χ0n) is 18.4. The van der Waals surface area contributed by atoms with E-state index in [2.05, 4.69) is 18.8 Å². The van der Waals surface area contributed by atoms with Crippen LogP contribution in [-0.2, 0) is 0 Å². The van der Waals surface area contributed by atoms with Crippen LogP contribution in [-0.4, -0.2) is 59.4 Å². The molecule has 0 saturated heterocycles. The van der Waals surface area contributed by atoms with Crippen LogP contribution in [0.2, 0.25) is 5.02 Å². The van der Waals surface area contributed by atoms with Crippen molar-refractivity contribution in [1.29, 1.82) is 0 Å². The number of amides is 2. The van der Waals surface area contributed by atoms with Gasteiger partial charge in [0.1, 0.15) is 18.1 Å². The van der Waals surface area contributed by atoms with Gasteiger partial charge in [0.25, 0.3) is 11.8 Å². The molecule has 0 spiro atoms. The first-order chi connectivity index (χ1) is 14.9. The van der Waals surface area contributed by atoms with E-state index < -0.39 is 0 Å². The Hall–Kier alpha value is -2.60. The summed E-state index contributed by atoms with van der Waals surface area (Å²) in [7, 11) is 1.80. The molecule has 2 aromatic rings. The van der Waals surface area contributed by atoms with Gasteiger partial charge in [0.15, 0.2) is 0 Å². The number of benzene rings is 1. The fraction of sp³-hybridized carbons (Fsp3) is 0.458. The Morgan fingerprint density at radius 2 is 1.94 bits per heavy atom. The van der Waals surface area contributed by atoms with Gasteiger partial charge < -0.3 is 14.5 Å². The van der Waals surface area contributed by atoms with Gasteiger partial charge in [0.2, 0.25) is 0 Å². The minimum Gasteiger partial charge on any atom is -0.491 e. The summed E-state index contributed by atoms with van der Waals surface area (Å²) in [5, 5.41) is 0.497. The van der Waals surface area contributed by atoms with Crippen LogP contribution < -0.4 is 4.74 Å². The van der Waals surface area contributed by atoms with Gasteiger partial charge in [-0.25, -0.2) is 4.98 Å². The highest BCUT2D eigenvalue weighted by Gasteiger charge is 2.28. The van der Waals surface area contributed by atoms with Crippen molar-refractivity contribution < 1.29 is 14.3 Å². The first kappa shape index (κ1) is 23.1. The minimum atomic E-state index is -0.134. The van der Waals surface area contributed by atoms with E-state index in [0.717, 1.165) is 19.3 Å². The number of aromatic nitrogens is 1. The Balaban J connectivity index is 1.93. The molecule has 0 bridgehead atoms. The topological polar surface area (TPSA) is 62.7 Å². The van der Waals surface area contributed by atoms with E-state index >= 15 is 0 Å². The summed E-state index contributed by atoms with van der Waals surface area (Å²) in [6, 6.07) is 10.5. The molecule has 1 aromatic heterocycles. The molecule has 2 heterocycles. The van der Waals surface area contributed by atoms with Crippen LogP contribution in [0.4, 0.5) is 0 Å². The maximum atomic E-state index is 13.4. The van der Waals surface area contributed by atoms with Crippen molar-refractivity contribution >= 4 is 23.4 Å². The molecule has 1 atom stereocenters. The number of pyridine rings is 1. The summed E-state index contributed by atoms with van der Waals surface area (Å²) < 4.78 is 6.15. The van der Waals surface area contributed by atoms with E-state index in [0.29, 0.717) is 47.6 Å². The Bertz CT molecular complexity index is 901. The highest BCUT2D eigenvalue weighted by atomic mass is 35.5. The maximum absolute atomic E-state index is 13.4. The molecule has 1 aliphatic heterocycles. The van der Waals surface area contributed by atoms with E-state index in [4.69, 9.17) is 16.3 Å². The third-order valence-corrected chi connectivity index (χ3v) is 5.65. The molecular formula is C24H30ClN3O3.